The van der Waals surface area contributed by atoms with E-state index in [0.717, 1.165) is 0 Å². The van der Waals surface area contributed by atoms with Gasteiger partial charge in [0.15, 0.2) is 0 Å². The Morgan fingerprint density at radius 2 is 1.54 bits per heavy atom. The van der Waals surface area contributed by atoms with Crippen molar-refractivity contribution in [2.45, 2.75) is 12.0 Å². The lowest BCUT2D eigenvalue weighted by Crippen LogP contribution is -2.28. The van der Waals surface area contributed by atoms with E-state index < -0.39 is 0 Å². The number of aromatic nitrogens is 1. The van der Waals surface area contributed by atoms with Crippen molar-refractivity contribution in [3.63, 3.8) is 0 Å². The van der Waals surface area contributed by atoms with Crippen molar-refractivity contribution >= 4 is 22.3 Å². The van der Waals surface area contributed by atoms with Gasteiger partial charge in [-0.1, -0.05) is 72.8 Å². The normalized spacial score (nSPS) is 19.8. The number of para-hydroxylation sites is 1. The quantitative estimate of drug-likeness (QED) is 0.428. The molecule has 2 atom stereocenters. The zero-order chi connectivity index (χ0) is 18.5. The SMILES string of the molecule is C1=CC2c3cc4cc[nH]c4c(-c4ccccc4)c3N(c3ccccc3)C2C=C1. The van der Waals surface area contributed by atoms with Crippen molar-refractivity contribution in [3.8, 4) is 11.1 Å². The molecule has 2 heterocycles. The molecule has 2 heteroatoms. The highest BCUT2D eigenvalue weighted by Gasteiger charge is 2.40. The van der Waals surface area contributed by atoms with Crippen LogP contribution in [0.1, 0.15) is 11.5 Å². The summed E-state index contributed by atoms with van der Waals surface area (Å²) >= 11 is 0. The van der Waals surface area contributed by atoms with Crippen LogP contribution in [-0.4, -0.2) is 11.0 Å². The Hall–Kier alpha value is -3.52. The third-order valence-electron chi connectivity index (χ3n) is 5.95. The Kier molecular flexibility index (Phi) is 3.33. The van der Waals surface area contributed by atoms with Crippen LogP contribution in [0.25, 0.3) is 22.0 Å². The van der Waals surface area contributed by atoms with Gasteiger partial charge in [-0.25, -0.2) is 0 Å². The van der Waals surface area contributed by atoms with Crippen molar-refractivity contribution < 1.29 is 0 Å². The molecule has 2 nitrogen and oxygen atoms in total. The maximum Gasteiger partial charge on any atom is 0.0629 e. The minimum atomic E-state index is 0.302. The van der Waals surface area contributed by atoms with Gasteiger partial charge >= 0.3 is 0 Å². The van der Waals surface area contributed by atoms with Gasteiger partial charge in [0, 0.05) is 28.8 Å². The molecule has 1 aromatic heterocycles. The summed E-state index contributed by atoms with van der Waals surface area (Å²) < 4.78 is 0. The predicted octanol–water partition coefficient (Wildman–Crippen LogP) is 6.56. The summed E-state index contributed by atoms with van der Waals surface area (Å²) in [6, 6.07) is 26.4. The van der Waals surface area contributed by atoms with Gasteiger partial charge in [-0.05, 0) is 35.4 Å². The first-order valence-electron chi connectivity index (χ1n) is 9.80. The largest absolute Gasteiger partial charge is 0.361 e. The molecule has 6 rings (SSSR count). The van der Waals surface area contributed by atoms with Crippen LogP contribution in [0, 0.1) is 0 Å². The molecule has 1 N–H and O–H groups in total. The molecular weight excluding hydrogens is 340 g/mol. The number of anilines is 2. The second-order valence-corrected chi connectivity index (χ2v) is 7.49. The molecule has 0 saturated carbocycles. The zero-order valence-electron chi connectivity index (χ0n) is 15.4. The summed E-state index contributed by atoms with van der Waals surface area (Å²) in [5.74, 6) is 0.363. The highest BCUT2D eigenvalue weighted by atomic mass is 15.2. The standard InChI is InChI=1S/C26H20N2/c1-3-9-18(10-4-1)24-25-19(15-16-27-25)17-22-21-13-7-8-14-23(21)28(26(22)24)20-11-5-2-6-12-20/h1-17,21,23,27H. The second kappa shape index (κ2) is 6.00. The Labute approximate surface area is 164 Å². The average Bonchev–Trinajstić information content (AvgIpc) is 3.36. The fraction of sp³-hybridized carbons (Fsp3) is 0.0769. The molecule has 2 aliphatic rings. The van der Waals surface area contributed by atoms with Crippen LogP contribution in [0.15, 0.2) is 103 Å². The van der Waals surface area contributed by atoms with E-state index in [-0.39, 0.29) is 0 Å². The first-order chi connectivity index (χ1) is 13.9. The predicted molar refractivity (Wildman–Crippen MR) is 117 cm³/mol. The summed E-state index contributed by atoms with van der Waals surface area (Å²) in [6.45, 7) is 0. The van der Waals surface area contributed by atoms with E-state index in [1.54, 1.807) is 0 Å². The van der Waals surface area contributed by atoms with E-state index in [1.807, 2.05) is 6.20 Å². The summed E-state index contributed by atoms with van der Waals surface area (Å²) in [6.07, 6.45) is 11.1. The second-order valence-electron chi connectivity index (χ2n) is 7.49. The highest BCUT2D eigenvalue weighted by molar-refractivity contribution is 6.05. The van der Waals surface area contributed by atoms with Crippen LogP contribution in [-0.2, 0) is 0 Å². The Bertz CT molecular complexity index is 1220. The molecular formula is C26H20N2. The summed E-state index contributed by atoms with van der Waals surface area (Å²) in [5.41, 5.74) is 7.70. The van der Waals surface area contributed by atoms with Crippen LogP contribution in [0.4, 0.5) is 11.4 Å². The number of nitrogens with one attached hydrogen (secondary N) is 1. The fourth-order valence-electron chi connectivity index (χ4n) is 4.78. The number of rotatable bonds is 2. The van der Waals surface area contributed by atoms with Gasteiger partial charge in [0.05, 0.1) is 17.2 Å². The first kappa shape index (κ1) is 15.5. The van der Waals surface area contributed by atoms with Gasteiger partial charge in [0.2, 0.25) is 0 Å². The van der Waals surface area contributed by atoms with E-state index in [9.17, 15) is 0 Å². The summed E-state index contributed by atoms with van der Waals surface area (Å²) in [4.78, 5) is 6.02. The third kappa shape index (κ3) is 2.15. The molecule has 0 spiro atoms. The molecule has 4 aromatic rings. The molecule has 0 amide bonds. The molecule has 134 valence electrons. The number of allylic oxidation sites excluding steroid dienone is 2. The van der Waals surface area contributed by atoms with Crippen LogP contribution < -0.4 is 4.90 Å². The van der Waals surface area contributed by atoms with Crippen LogP contribution in [0.3, 0.4) is 0 Å². The van der Waals surface area contributed by atoms with Gasteiger partial charge in [0.25, 0.3) is 0 Å². The molecule has 0 bridgehead atoms. The van der Waals surface area contributed by atoms with Crippen molar-refractivity contribution in [1.82, 2.24) is 4.98 Å². The minimum Gasteiger partial charge on any atom is -0.361 e. The van der Waals surface area contributed by atoms with Gasteiger partial charge < -0.3 is 9.88 Å². The number of H-pyrrole nitrogens is 1. The molecule has 2 unspecified atom stereocenters. The van der Waals surface area contributed by atoms with E-state index in [4.69, 9.17) is 0 Å². The molecule has 0 saturated heterocycles. The van der Waals surface area contributed by atoms with Gasteiger partial charge in [-0.3, -0.25) is 0 Å². The highest BCUT2D eigenvalue weighted by Crippen LogP contribution is 2.53. The van der Waals surface area contributed by atoms with Crippen LogP contribution in [0.5, 0.6) is 0 Å². The lowest BCUT2D eigenvalue weighted by atomic mass is 9.89. The van der Waals surface area contributed by atoms with Crippen molar-refractivity contribution in [2.24, 2.45) is 0 Å². The van der Waals surface area contributed by atoms with Crippen molar-refractivity contribution in [3.05, 3.63) is 109 Å². The average molecular weight is 360 g/mol. The molecule has 0 radical (unpaired) electrons. The molecule has 1 aliphatic heterocycles. The monoisotopic (exact) mass is 360 g/mol. The molecule has 1 aliphatic carbocycles. The number of benzene rings is 3. The number of hydrogen-bond donors (Lipinski definition) is 1. The zero-order valence-corrected chi connectivity index (χ0v) is 15.4. The van der Waals surface area contributed by atoms with E-state index >= 15 is 0 Å². The van der Waals surface area contributed by atoms with Crippen LogP contribution >= 0.6 is 0 Å². The Morgan fingerprint density at radius 3 is 2.36 bits per heavy atom. The van der Waals surface area contributed by atoms with Crippen molar-refractivity contribution in [1.29, 1.82) is 0 Å². The van der Waals surface area contributed by atoms with Crippen LogP contribution in [0.2, 0.25) is 0 Å². The maximum atomic E-state index is 3.51. The fourth-order valence-corrected chi connectivity index (χ4v) is 4.78. The number of aromatic amines is 1. The molecule has 3 aromatic carbocycles. The third-order valence-corrected chi connectivity index (χ3v) is 5.95. The van der Waals surface area contributed by atoms with Gasteiger partial charge in [-0.15, -0.1) is 0 Å². The van der Waals surface area contributed by atoms with E-state index in [1.165, 1.54) is 39.0 Å². The maximum absolute atomic E-state index is 3.51. The van der Waals surface area contributed by atoms with E-state index in [0.29, 0.717) is 12.0 Å². The number of hydrogen-bond acceptors (Lipinski definition) is 1. The summed E-state index contributed by atoms with van der Waals surface area (Å²) in [7, 11) is 0. The topological polar surface area (TPSA) is 19.0 Å². The van der Waals surface area contributed by atoms with Gasteiger partial charge in [-0.2, -0.15) is 0 Å². The first-order valence-corrected chi connectivity index (χ1v) is 9.80. The lowest BCUT2D eigenvalue weighted by molar-refractivity contribution is 0.745. The molecule has 0 fully saturated rings. The number of nitrogens with zero attached hydrogens (tertiary/aromatic N) is 1. The lowest BCUT2D eigenvalue weighted by Gasteiger charge is -2.29. The Morgan fingerprint density at radius 1 is 0.786 bits per heavy atom. The smallest absolute Gasteiger partial charge is 0.0629 e. The van der Waals surface area contributed by atoms with E-state index in [2.05, 4.69) is 107 Å². The minimum absolute atomic E-state index is 0.302. The Balaban J connectivity index is 1.73. The van der Waals surface area contributed by atoms with Crippen molar-refractivity contribution in [2.75, 3.05) is 4.90 Å². The summed E-state index contributed by atoms with van der Waals surface area (Å²) in [5, 5.41) is 1.27. The molecule has 28 heavy (non-hydrogen) atoms. The number of fused-ring (bicyclic) bond motifs is 4. The van der Waals surface area contributed by atoms with Gasteiger partial charge in [0.1, 0.15) is 0 Å².